The number of amides is 1. The average molecular weight is 314 g/mol. The van der Waals surface area contributed by atoms with Crippen LogP contribution in [0, 0.1) is 0 Å². The molecule has 1 saturated heterocycles. The van der Waals surface area contributed by atoms with E-state index in [0.29, 0.717) is 12.3 Å². The standard InChI is InChI=1S/C17H22N4O2/c1-13(19-17(22)15-7-8-18-20-15)16-12-21(9-10-23-16)11-14-5-3-2-4-6-14/h2-8,13,16H,9-12H2,1H3,(H,18,20)(H,19,22). The molecule has 3 rings (SSSR count). The van der Waals surface area contributed by atoms with E-state index in [1.165, 1.54) is 5.56 Å². The number of aromatic nitrogens is 2. The van der Waals surface area contributed by atoms with E-state index >= 15 is 0 Å². The fraction of sp³-hybridized carbons (Fsp3) is 0.412. The number of nitrogens with one attached hydrogen (secondary N) is 2. The van der Waals surface area contributed by atoms with Crippen molar-refractivity contribution in [2.24, 2.45) is 0 Å². The zero-order chi connectivity index (χ0) is 16.1. The number of carbonyl (C=O) groups excluding carboxylic acids is 1. The second kappa shape index (κ2) is 7.39. The van der Waals surface area contributed by atoms with Crippen molar-refractivity contribution >= 4 is 5.91 Å². The van der Waals surface area contributed by atoms with E-state index in [2.05, 4.69) is 44.7 Å². The van der Waals surface area contributed by atoms with Crippen LogP contribution >= 0.6 is 0 Å². The summed E-state index contributed by atoms with van der Waals surface area (Å²) in [7, 11) is 0. The maximum Gasteiger partial charge on any atom is 0.269 e. The molecule has 1 aromatic carbocycles. The molecule has 0 spiro atoms. The summed E-state index contributed by atoms with van der Waals surface area (Å²) in [5, 5.41) is 9.44. The highest BCUT2D eigenvalue weighted by atomic mass is 16.5. The van der Waals surface area contributed by atoms with E-state index in [4.69, 9.17) is 4.74 Å². The molecule has 23 heavy (non-hydrogen) atoms. The Hall–Kier alpha value is -2.18. The molecule has 1 amide bonds. The van der Waals surface area contributed by atoms with Crippen molar-refractivity contribution in [3.8, 4) is 0 Å². The number of hydrogen-bond donors (Lipinski definition) is 2. The fourth-order valence-electron chi connectivity index (χ4n) is 2.78. The Balaban J connectivity index is 1.54. The number of aromatic amines is 1. The topological polar surface area (TPSA) is 70.2 Å². The molecule has 6 heteroatoms. The molecule has 1 fully saturated rings. The fourth-order valence-corrected chi connectivity index (χ4v) is 2.78. The van der Waals surface area contributed by atoms with Crippen molar-refractivity contribution < 1.29 is 9.53 Å². The van der Waals surface area contributed by atoms with Gasteiger partial charge in [-0.3, -0.25) is 14.8 Å². The van der Waals surface area contributed by atoms with E-state index in [1.807, 2.05) is 13.0 Å². The van der Waals surface area contributed by atoms with Gasteiger partial charge in [0.25, 0.3) is 5.91 Å². The first-order valence-corrected chi connectivity index (χ1v) is 7.90. The number of hydrogen-bond acceptors (Lipinski definition) is 4. The summed E-state index contributed by atoms with van der Waals surface area (Å²) in [4.78, 5) is 14.4. The minimum Gasteiger partial charge on any atom is -0.373 e. The highest BCUT2D eigenvalue weighted by molar-refractivity contribution is 5.92. The van der Waals surface area contributed by atoms with Gasteiger partial charge in [0.2, 0.25) is 0 Å². The summed E-state index contributed by atoms with van der Waals surface area (Å²) in [5.41, 5.74) is 1.76. The second-order valence-corrected chi connectivity index (χ2v) is 5.86. The Bertz CT molecular complexity index is 615. The number of H-pyrrole nitrogens is 1. The van der Waals surface area contributed by atoms with Crippen LogP contribution in [0.25, 0.3) is 0 Å². The van der Waals surface area contributed by atoms with Crippen molar-refractivity contribution in [3.63, 3.8) is 0 Å². The molecule has 0 saturated carbocycles. The van der Waals surface area contributed by atoms with Crippen molar-refractivity contribution in [2.45, 2.75) is 25.6 Å². The lowest BCUT2D eigenvalue weighted by atomic mass is 10.1. The molecule has 2 unspecified atom stereocenters. The third kappa shape index (κ3) is 4.18. The maximum absolute atomic E-state index is 12.1. The van der Waals surface area contributed by atoms with Gasteiger partial charge in [-0.1, -0.05) is 30.3 Å². The summed E-state index contributed by atoms with van der Waals surface area (Å²) in [6.45, 7) is 5.28. The molecule has 0 radical (unpaired) electrons. The van der Waals surface area contributed by atoms with Gasteiger partial charge in [-0.2, -0.15) is 5.10 Å². The number of morpholine rings is 1. The van der Waals surface area contributed by atoms with Crippen LogP contribution in [-0.2, 0) is 11.3 Å². The maximum atomic E-state index is 12.1. The summed E-state index contributed by atoms with van der Waals surface area (Å²) < 4.78 is 5.84. The van der Waals surface area contributed by atoms with Crippen LogP contribution in [-0.4, -0.2) is 52.8 Å². The molecule has 0 bridgehead atoms. The predicted octanol–water partition coefficient (Wildman–Crippen LogP) is 1.43. The summed E-state index contributed by atoms with van der Waals surface area (Å²) >= 11 is 0. The van der Waals surface area contributed by atoms with Crippen LogP contribution in [0.2, 0.25) is 0 Å². The Morgan fingerprint density at radius 2 is 2.26 bits per heavy atom. The lowest BCUT2D eigenvalue weighted by Crippen LogP contribution is -2.52. The van der Waals surface area contributed by atoms with Crippen molar-refractivity contribution in [2.75, 3.05) is 19.7 Å². The lowest BCUT2D eigenvalue weighted by molar-refractivity contribution is -0.0449. The van der Waals surface area contributed by atoms with E-state index < -0.39 is 0 Å². The van der Waals surface area contributed by atoms with Crippen LogP contribution in [0.3, 0.4) is 0 Å². The van der Waals surface area contributed by atoms with Crippen LogP contribution in [0.1, 0.15) is 23.0 Å². The van der Waals surface area contributed by atoms with Gasteiger partial charge in [0.1, 0.15) is 5.69 Å². The first kappa shape index (κ1) is 15.7. The lowest BCUT2D eigenvalue weighted by Gasteiger charge is -2.36. The Kier molecular flexibility index (Phi) is 5.05. The minimum atomic E-state index is -0.154. The summed E-state index contributed by atoms with van der Waals surface area (Å²) in [6, 6.07) is 12.0. The summed E-state index contributed by atoms with van der Waals surface area (Å²) in [6.07, 6.45) is 1.55. The molecule has 1 aliphatic heterocycles. The van der Waals surface area contributed by atoms with Gasteiger partial charge < -0.3 is 10.1 Å². The smallest absolute Gasteiger partial charge is 0.269 e. The van der Waals surface area contributed by atoms with Gasteiger partial charge in [-0.05, 0) is 18.6 Å². The molecule has 6 nitrogen and oxygen atoms in total. The molecule has 2 aromatic rings. The normalized spacial score (nSPS) is 20.1. The second-order valence-electron chi connectivity index (χ2n) is 5.86. The van der Waals surface area contributed by atoms with Crippen LogP contribution < -0.4 is 5.32 Å². The molecule has 2 atom stereocenters. The average Bonchev–Trinajstić information content (AvgIpc) is 3.10. The monoisotopic (exact) mass is 314 g/mol. The molecule has 1 aliphatic rings. The first-order chi connectivity index (χ1) is 11.2. The SMILES string of the molecule is CC(NC(=O)c1ccn[nH]1)C1CN(Cc2ccccc2)CCO1. The minimum absolute atomic E-state index is 0.0145. The predicted molar refractivity (Wildman–Crippen MR) is 87.0 cm³/mol. The van der Waals surface area contributed by atoms with Gasteiger partial charge in [0.15, 0.2) is 0 Å². The highest BCUT2D eigenvalue weighted by Crippen LogP contribution is 2.13. The molecule has 0 aliphatic carbocycles. The van der Waals surface area contributed by atoms with E-state index in [9.17, 15) is 4.79 Å². The van der Waals surface area contributed by atoms with E-state index in [0.717, 1.165) is 19.6 Å². The van der Waals surface area contributed by atoms with E-state index in [-0.39, 0.29) is 18.1 Å². The third-order valence-electron chi connectivity index (χ3n) is 4.09. The number of nitrogens with zero attached hydrogens (tertiary/aromatic N) is 2. The first-order valence-electron chi connectivity index (χ1n) is 7.90. The molecule has 2 heterocycles. The van der Waals surface area contributed by atoms with Gasteiger partial charge in [0, 0.05) is 25.8 Å². The Morgan fingerprint density at radius 1 is 1.43 bits per heavy atom. The van der Waals surface area contributed by atoms with Gasteiger partial charge in [0.05, 0.1) is 18.8 Å². The van der Waals surface area contributed by atoms with Crippen LogP contribution in [0.4, 0.5) is 0 Å². The molecule has 1 aromatic heterocycles. The zero-order valence-corrected chi connectivity index (χ0v) is 13.2. The third-order valence-corrected chi connectivity index (χ3v) is 4.09. The quantitative estimate of drug-likeness (QED) is 0.876. The molecular weight excluding hydrogens is 292 g/mol. The van der Waals surface area contributed by atoms with Crippen LogP contribution in [0.15, 0.2) is 42.6 Å². The van der Waals surface area contributed by atoms with Gasteiger partial charge in [-0.25, -0.2) is 0 Å². The van der Waals surface area contributed by atoms with Crippen LogP contribution in [0.5, 0.6) is 0 Å². The Labute approximate surface area is 135 Å². The summed E-state index contributed by atoms with van der Waals surface area (Å²) in [5.74, 6) is -0.154. The molecule has 122 valence electrons. The Morgan fingerprint density at radius 3 is 3.00 bits per heavy atom. The number of ether oxygens (including phenoxy) is 1. The van der Waals surface area contributed by atoms with Gasteiger partial charge >= 0.3 is 0 Å². The van der Waals surface area contributed by atoms with Crippen molar-refractivity contribution in [1.82, 2.24) is 20.4 Å². The largest absolute Gasteiger partial charge is 0.373 e. The molecular formula is C17H22N4O2. The van der Waals surface area contributed by atoms with Crippen molar-refractivity contribution in [3.05, 3.63) is 53.9 Å². The number of rotatable bonds is 5. The van der Waals surface area contributed by atoms with E-state index in [1.54, 1.807) is 12.3 Å². The molecule has 2 N–H and O–H groups in total. The zero-order valence-electron chi connectivity index (χ0n) is 13.2. The van der Waals surface area contributed by atoms with Gasteiger partial charge in [-0.15, -0.1) is 0 Å². The number of benzene rings is 1. The van der Waals surface area contributed by atoms with Crippen molar-refractivity contribution in [1.29, 1.82) is 0 Å². The highest BCUT2D eigenvalue weighted by Gasteiger charge is 2.26. The number of carbonyl (C=O) groups is 1.